The number of nitrogens with zero attached hydrogens (tertiary/aromatic N) is 3. The number of thiazole rings is 1. The summed E-state index contributed by atoms with van der Waals surface area (Å²) in [6.07, 6.45) is 1.20. The molecule has 0 aromatic carbocycles. The molecular formula is C6H5ClN4O2S3. The molecule has 0 spiro atoms. The van der Waals surface area contributed by atoms with E-state index >= 15 is 0 Å². The number of sulfonamides is 1. The zero-order valence-electron chi connectivity index (χ0n) is 7.84. The van der Waals surface area contributed by atoms with Crippen LogP contribution in [0.3, 0.4) is 0 Å². The molecule has 0 amide bonds. The van der Waals surface area contributed by atoms with E-state index in [2.05, 4.69) is 19.9 Å². The Balaban J connectivity index is 2.27. The van der Waals surface area contributed by atoms with Crippen molar-refractivity contribution in [1.82, 2.24) is 15.2 Å². The van der Waals surface area contributed by atoms with Crippen LogP contribution < -0.4 is 4.72 Å². The van der Waals surface area contributed by atoms with E-state index in [4.69, 9.17) is 11.6 Å². The summed E-state index contributed by atoms with van der Waals surface area (Å²) >= 11 is 7.60. The summed E-state index contributed by atoms with van der Waals surface area (Å²) in [6.45, 7) is 1.74. The van der Waals surface area contributed by atoms with Gasteiger partial charge >= 0.3 is 0 Å². The standard InChI is InChI=1S/C6H5ClN4O2S3/c1-3-9-10-6(14-3)11-16(12,13)4-2-8-5(7)15-4/h2H,1H3,(H,10,11). The van der Waals surface area contributed by atoms with Crippen molar-refractivity contribution in [3.63, 3.8) is 0 Å². The summed E-state index contributed by atoms with van der Waals surface area (Å²) in [4.78, 5) is 3.66. The van der Waals surface area contributed by atoms with Crippen LogP contribution in [0.2, 0.25) is 4.47 Å². The van der Waals surface area contributed by atoms with Gasteiger partial charge < -0.3 is 0 Å². The van der Waals surface area contributed by atoms with Crippen molar-refractivity contribution >= 4 is 49.4 Å². The summed E-state index contributed by atoms with van der Waals surface area (Å²) in [5.74, 6) is 0. The lowest BCUT2D eigenvalue weighted by atomic mass is 10.9. The average Bonchev–Trinajstić information content (AvgIpc) is 2.75. The Morgan fingerprint density at radius 1 is 1.38 bits per heavy atom. The molecule has 0 aliphatic rings. The number of aromatic nitrogens is 3. The van der Waals surface area contributed by atoms with E-state index in [9.17, 15) is 8.42 Å². The SMILES string of the molecule is Cc1nnc(NS(=O)(=O)c2cnc(Cl)s2)s1. The lowest BCUT2D eigenvalue weighted by molar-refractivity contribution is 0.603. The average molecular weight is 297 g/mol. The fraction of sp³-hybridized carbons (Fsp3) is 0.167. The molecule has 0 atom stereocenters. The molecular weight excluding hydrogens is 292 g/mol. The van der Waals surface area contributed by atoms with Crippen molar-refractivity contribution in [1.29, 1.82) is 0 Å². The van der Waals surface area contributed by atoms with Gasteiger partial charge in [-0.05, 0) is 6.92 Å². The van der Waals surface area contributed by atoms with E-state index in [0.717, 1.165) is 22.7 Å². The van der Waals surface area contributed by atoms with Gasteiger partial charge in [-0.3, -0.25) is 4.72 Å². The van der Waals surface area contributed by atoms with E-state index in [1.165, 1.54) is 6.20 Å². The molecule has 2 heterocycles. The zero-order valence-corrected chi connectivity index (χ0v) is 11.0. The van der Waals surface area contributed by atoms with Crippen molar-refractivity contribution in [3.8, 4) is 0 Å². The minimum atomic E-state index is -3.65. The molecule has 0 saturated carbocycles. The maximum Gasteiger partial charge on any atom is 0.274 e. The molecule has 0 bridgehead atoms. The fourth-order valence-electron chi connectivity index (χ4n) is 0.866. The predicted molar refractivity (Wildman–Crippen MR) is 62.6 cm³/mol. The van der Waals surface area contributed by atoms with Gasteiger partial charge in [0.2, 0.25) is 5.13 Å². The van der Waals surface area contributed by atoms with Crippen molar-refractivity contribution in [2.75, 3.05) is 4.72 Å². The van der Waals surface area contributed by atoms with Crippen molar-refractivity contribution in [2.45, 2.75) is 11.1 Å². The second kappa shape index (κ2) is 4.24. The molecule has 0 saturated heterocycles. The van der Waals surface area contributed by atoms with Gasteiger partial charge in [0.15, 0.2) is 8.68 Å². The second-order valence-corrected chi connectivity index (χ2v) is 7.37. The summed E-state index contributed by atoms with van der Waals surface area (Å²) in [5, 5.41) is 8.27. The van der Waals surface area contributed by atoms with Crippen LogP contribution in [0.1, 0.15) is 5.01 Å². The van der Waals surface area contributed by atoms with Crippen LogP contribution in [0.4, 0.5) is 5.13 Å². The number of hydrogen-bond acceptors (Lipinski definition) is 7. The quantitative estimate of drug-likeness (QED) is 0.933. The highest BCUT2D eigenvalue weighted by atomic mass is 35.5. The molecule has 1 N–H and O–H groups in total. The van der Waals surface area contributed by atoms with Gasteiger partial charge in [0.25, 0.3) is 10.0 Å². The zero-order chi connectivity index (χ0) is 11.8. The van der Waals surface area contributed by atoms with Crippen molar-refractivity contribution in [3.05, 3.63) is 15.7 Å². The molecule has 2 aromatic heterocycles. The number of nitrogens with one attached hydrogen (secondary N) is 1. The maximum absolute atomic E-state index is 11.8. The van der Waals surface area contributed by atoms with E-state index in [-0.39, 0.29) is 13.8 Å². The molecule has 0 aliphatic heterocycles. The van der Waals surface area contributed by atoms with Gasteiger partial charge in [-0.1, -0.05) is 34.3 Å². The number of aryl methyl sites for hydroxylation is 1. The first kappa shape index (κ1) is 11.7. The molecule has 6 nitrogen and oxygen atoms in total. The Morgan fingerprint density at radius 2 is 2.12 bits per heavy atom. The van der Waals surface area contributed by atoms with Gasteiger partial charge in [0.05, 0.1) is 6.20 Å². The van der Waals surface area contributed by atoms with Crippen LogP contribution in [-0.4, -0.2) is 23.6 Å². The summed E-state index contributed by atoms with van der Waals surface area (Å²) in [6, 6.07) is 0. The first-order chi connectivity index (χ1) is 7.47. The number of halogens is 1. The molecule has 16 heavy (non-hydrogen) atoms. The first-order valence-corrected chi connectivity index (χ1v) is 7.41. The van der Waals surface area contributed by atoms with Crippen molar-refractivity contribution < 1.29 is 8.42 Å². The summed E-state index contributed by atoms with van der Waals surface area (Å²) < 4.78 is 26.0. The monoisotopic (exact) mass is 296 g/mol. The highest BCUT2D eigenvalue weighted by Gasteiger charge is 2.19. The Labute approximate surface area is 104 Å². The Kier molecular flexibility index (Phi) is 3.10. The molecule has 0 unspecified atom stereocenters. The molecule has 2 rings (SSSR count). The van der Waals surface area contributed by atoms with Gasteiger partial charge in [-0.15, -0.1) is 10.2 Å². The third-order valence-corrected chi connectivity index (χ3v) is 5.27. The van der Waals surface area contributed by atoms with Crippen LogP contribution in [0.15, 0.2) is 10.4 Å². The number of anilines is 1. The Hall–Kier alpha value is -0.770. The van der Waals surface area contributed by atoms with Crippen LogP contribution in [-0.2, 0) is 10.0 Å². The van der Waals surface area contributed by atoms with Gasteiger partial charge in [0.1, 0.15) is 5.01 Å². The largest absolute Gasteiger partial charge is 0.274 e. The Morgan fingerprint density at radius 3 is 2.62 bits per heavy atom. The topological polar surface area (TPSA) is 84.8 Å². The first-order valence-electron chi connectivity index (χ1n) is 3.91. The predicted octanol–water partition coefficient (Wildman–Crippen LogP) is 1.76. The minimum absolute atomic E-state index is 0.0466. The number of rotatable bonds is 3. The van der Waals surface area contributed by atoms with Crippen LogP contribution in [0, 0.1) is 6.92 Å². The van der Waals surface area contributed by atoms with Gasteiger partial charge in [-0.25, -0.2) is 13.4 Å². The molecule has 0 radical (unpaired) electrons. The highest BCUT2D eigenvalue weighted by molar-refractivity contribution is 7.94. The minimum Gasteiger partial charge on any atom is -0.252 e. The van der Waals surface area contributed by atoms with Crippen LogP contribution >= 0.6 is 34.3 Å². The molecule has 10 heteroatoms. The summed E-state index contributed by atoms with van der Waals surface area (Å²) in [7, 11) is -3.65. The number of hydrogen-bond donors (Lipinski definition) is 1. The maximum atomic E-state index is 11.8. The van der Waals surface area contributed by atoms with E-state index in [1.807, 2.05) is 0 Å². The molecule has 2 aromatic rings. The van der Waals surface area contributed by atoms with E-state index < -0.39 is 10.0 Å². The van der Waals surface area contributed by atoms with Gasteiger partial charge in [0, 0.05) is 0 Å². The van der Waals surface area contributed by atoms with Gasteiger partial charge in [-0.2, -0.15) is 0 Å². The fourth-order valence-corrected chi connectivity index (χ4v) is 3.98. The molecule has 0 aliphatic carbocycles. The molecule has 86 valence electrons. The van der Waals surface area contributed by atoms with E-state index in [1.54, 1.807) is 6.92 Å². The van der Waals surface area contributed by atoms with E-state index in [0.29, 0.717) is 5.01 Å². The van der Waals surface area contributed by atoms with Crippen LogP contribution in [0.5, 0.6) is 0 Å². The van der Waals surface area contributed by atoms with Crippen molar-refractivity contribution in [2.24, 2.45) is 0 Å². The third kappa shape index (κ3) is 2.48. The smallest absolute Gasteiger partial charge is 0.252 e. The normalized spacial score (nSPS) is 11.6. The Bertz CT molecular complexity index is 605. The third-order valence-electron chi connectivity index (χ3n) is 1.47. The van der Waals surface area contributed by atoms with Crippen LogP contribution in [0.25, 0.3) is 0 Å². The summed E-state index contributed by atoms with van der Waals surface area (Å²) in [5.41, 5.74) is 0. The highest BCUT2D eigenvalue weighted by Crippen LogP contribution is 2.25. The second-order valence-electron chi connectivity index (χ2n) is 2.66. The lowest BCUT2D eigenvalue weighted by Crippen LogP contribution is -2.11. The molecule has 0 fully saturated rings. The lowest BCUT2D eigenvalue weighted by Gasteiger charge is -1.99.